The van der Waals surface area contributed by atoms with Crippen molar-refractivity contribution in [2.45, 2.75) is 5.50 Å². The fourth-order valence-corrected chi connectivity index (χ4v) is 0.468. The topological polar surface area (TPSA) is 54.0 Å². The van der Waals surface area contributed by atoms with E-state index in [9.17, 15) is 0 Å². The number of thiol groups is 1. The van der Waals surface area contributed by atoms with Gasteiger partial charge in [-0.1, -0.05) is 0 Å². The number of hydrazine groups is 1. The van der Waals surface area contributed by atoms with Crippen molar-refractivity contribution >= 4 is 12.6 Å². The van der Waals surface area contributed by atoms with Crippen LogP contribution in [0.15, 0.2) is 10.2 Å². The smallest absolute Gasteiger partial charge is 0.181 e. The van der Waals surface area contributed by atoms with Crippen molar-refractivity contribution in [3.63, 3.8) is 0 Å². The summed E-state index contributed by atoms with van der Waals surface area (Å²) in [5.74, 6) is 5.25. The zero-order valence-electron chi connectivity index (χ0n) is 3.65. The van der Waals surface area contributed by atoms with Crippen LogP contribution in [-0.2, 0) is 0 Å². The summed E-state index contributed by atoms with van der Waals surface area (Å²) >= 11 is 3.93. The maximum atomic E-state index is 5.25. The minimum atomic E-state index is -0.222. The van der Waals surface area contributed by atoms with Crippen LogP contribution in [0.1, 0.15) is 0 Å². The molecule has 0 fully saturated rings. The van der Waals surface area contributed by atoms with Crippen molar-refractivity contribution in [2.75, 3.05) is 6.67 Å². The van der Waals surface area contributed by atoms with Gasteiger partial charge in [-0.05, 0) is 0 Å². The number of hydrogen-bond acceptors (Lipinski definition) is 5. The van der Waals surface area contributed by atoms with Crippen LogP contribution in [0.4, 0.5) is 0 Å². The largest absolute Gasteiger partial charge is 0.264 e. The van der Waals surface area contributed by atoms with Gasteiger partial charge in [0.05, 0.1) is 0 Å². The molecule has 0 aromatic heterocycles. The first-order valence-electron chi connectivity index (χ1n) is 1.87. The Labute approximate surface area is 46.8 Å². The molecule has 0 bridgehead atoms. The number of azo groups is 1. The molecular formula is C2H6N4S. The van der Waals surface area contributed by atoms with Gasteiger partial charge < -0.3 is 0 Å². The summed E-state index contributed by atoms with van der Waals surface area (Å²) in [6.07, 6.45) is 0. The molecule has 1 rings (SSSR count). The highest BCUT2D eigenvalue weighted by molar-refractivity contribution is 7.80. The standard InChI is InChI=1S/C2H6N4S/c3-6-1-4-5-2(6)7/h2,7H,1,3H2. The zero-order valence-corrected chi connectivity index (χ0v) is 4.55. The number of nitrogens with zero attached hydrogens (tertiary/aromatic N) is 3. The molecule has 1 heterocycles. The number of nitrogens with two attached hydrogens (primary N) is 1. The summed E-state index contributed by atoms with van der Waals surface area (Å²) in [7, 11) is 0. The van der Waals surface area contributed by atoms with Crippen molar-refractivity contribution < 1.29 is 0 Å². The highest BCUT2D eigenvalue weighted by Gasteiger charge is 2.12. The van der Waals surface area contributed by atoms with Crippen LogP contribution in [0.2, 0.25) is 0 Å². The highest BCUT2D eigenvalue weighted by Crippen LogP contribution is 2.06. The Bertz CT molecular complexity index is 91.7. The molecule has 0 saturated carbocycles. The van der Waals surface area contributed by atoms with Crippen molar-refractivity contribution in [1.29, 1.82) is 0 Å². The summed E-state index contributed by atoms with van der Waals surface area (Å²) in [5.41, 5.74) is -0.222. The summed E-state index contributed by atoms with van der Waals surface area (Å²) in [6, 6.07) is 0. The monoisotopic (exact) mass is 118 g/mol. The van der Waals surface area contributed by atoms with Crippen LogP contribution in [0.5, 0.6) is 0 Å². The van der Waals surface area contributed by atoms with Crippen LogP contribution in [0.25, 0.3) is 0 Å². The molecule has 2 N–H and O–H groups in total. The van der Waals surface area contributed by atoms with E-state index in [4.69, 9.17) is 5.84 Å². The number of hydrogen-bond donors (Lipinski definition) is 2. The van der Waals surface area contributed by atoms with Crippen LogP contribution in [0, 0.1) is 0 Å². The van der Waals surface area contributed by atoms with Gasteiger partial charge in [-0.3, -0.25) is 5.84 Å². The molecule has 1 atom stereocenters. The molecule has 40 valence electrons. The SMILES string of the molecule is NN1CN=NC1S. The second-order valence-corrected chi connectivity index (χ2v) is 1.72. The molecule has 0 aromatic rings. The predicted molar refractivity (Wildman–Crippen MR) is 28.5 cm³/mol. The molecule has 1 aliphatic heterocycles. The lowest BCUT2D eigenvalue weighted by Gasteiger charge is -2.06. The first kappa shape index (κ1) is 5.02. The van der Waals surface area contributed by atoms with Gasteiger partial charge in [0.1, 0.15) is 6.67 Å². The Morgan fingerprint density at radius 3 is 2.71 bits per heavy atom. The predicted octanol–water partition coefficient (Wildman–Crippen LogP) is -0.201. The Morgan fingerprint density at radius 2 is 2.57 bits per heavy atom. The minimum absolute atomic E-state index is 0.222. The molecule has 0 amide bonds. The molecule has 4 nitrogen and oxygen atoms in total. The molecule has 0 aliphatic carbocycles. The summed E-state index contributed by atoms with van der Waals surface area (Å²) in [5, 5.41) is 8.64. The van der Waals surface area contributed by atoms with Crippen molar-refractivity contribution in [1.82, 2.24) is 5.01 Å². The lowest BCUT2D eigenvalue weighted by Crippen LogP contribution is -2.32. The molecular weight excluding hydrogens is 112 g/mol. The van der Waals surface area contributed by atoms with E-state index in [2.05, 4.69) is 22.9 Å². The van der Waals surface area contributed by atoms with E-state index in [0.29, 0.717) is 6.67 Å². The third-order valence-corrected chi connectivity index (χ3v) is 1.11. The molecule has 5 heteroatoms. The first-order chi connectivity index (χ1) is 3.30. The molecule has 7 heavy (non-hydrogen) atoms. The highest BCUT2D eigenvalue weighted by atomic mass is 32.1. The van der Waals surface area contributed by atoms with Crippen molar-refractivity contribution in [3.05, 3.63) is 0 Å². The van der Waals surface area contributed by atoms with Gasteiger partial charge in [-0.15, -0.1) is 12.6 Å². The lowest BCUT2D eigenvalue weighted by molar-refractivity contribution is 0.321. The molecule has 1 aliphatic rings. The summed E-state index contributed by atoms with van der Waals surface area (Å²) in [4.78, 5) is 0. The van der Waals surface area contributed by atoms with Crippen LogP contribution in [-0.4, -0.2) is 17.2 Å². The fraction of sp³-hybridized carbons (Fsp3) is 1.00. The lowest BCUT2D eigenvalue weighted by atomic mass is 11.0. The zero-order chi connectivity index (χ0) is 5.28. The Hall–Kier alpha value is -0.130. The molecule has 0 saturated heterocycles. The average Bonchev–Trinajstić information content (AvgIpc) is 1.91. The third-order valence-electron chi connectivity index (χ3n) is 0.708. The quantitative estimate of drug-likeness (QED) is 0.342. The second-order valence-electron chi connectivity index (χ2n) is 1.26. The maximum absolute atomic E-state index is 5.25. The first-order valence-corrected chi connectivity index (χ1v) is 2.38. The van der Waals surface area contributed by atoms with Crippen molar-refractivity contribution in [2.24, 2.45) is 16.1 Å². The maximum Gasteiger partial charge on any atom is 0.181 e. The minimum Gasteiger partial charge on any atom is -0.264 e. The second kappa shape index (κ2) is 1.77. The van der Waals surface area contributed by atoms with Gasteiger partial charge in [0.15, 0.2) is 5.50 Å². The van der Waals surface area contributed by atoms with Gasteiger partial charge in [0, 0.05) is 0 Å². The van der Waals surface area contributed by atoms with Crippen molar-refractivity contribution in [3.8, 4) is 0 Å². The van der Waals surface area contributed by atoms with E-state index in [-0.39, 0.29) is 5.50 Å². The van der Waals surface area contributed by atoms with Gasteiger partial charge in [0.2, 0.25) is 0 Å². The van der Waals surface area contributed by atoms with E-state index in [1.165, 1.54) is 5.01 Å². The van der Waals surface area contributed by atoms with Gasteiger partial charge >= 0.3 is 0 Å². The van der Waals surface area contributed by atoms with E-state index in [1.54, 1.807) is 0 Å². The molecule has 0 radical (unpaired) electrons. The van der Waals surface area contributed by atoms with Gasteiger partial charge in [-0.2, -0.15) is 15.2 Å². The average molecular weight is 118 g/mol. The van der Waals surface area contributed by atoms with Gasteiger partial charge in [-0.25, -0.2) is 0 Å². The van der Waals surface area contributed by atoms with Crippen LogP contribution in [0.3, 0.4) is 0 Å². The van der Waals surface area contributed by atoms with E-state index in [1.807, 2.05) is 0 Å². The summed E-state index contributed by atoms with van der Waals surface area (Å²) in [6.45, 7) is 0.466. The van der Waals surface area contributed by atoms with Crippen LogP contribution >= 0.6 is 12.6 Å². The van der Waals surface area contributed by atoms with E-state index >= 15 is 0 Å². The van der Waals surface area contributed by atoms with E-state index < -0.39 is 0 Å². The molecule has 0 aromatic carbocycles. The normalized spacial score (nSPS) is 32.0. The fourth-order valence-electron chi connectivity index (χ4n) is 0.322. The Morgan fingerprint density at radius 1 is 1.86 bits per heavy atom. The van der Waals surface area contributed by atoms with Crippen LogP contribution < -0.4 is 5.84 Å². The number of rotatable bonds is 0. The Balaban J connectivity index is 2.45. The van der Waals surface area contributed by atoms with Gasteiger partial charge in [0.25, 0.3) is 0 Å². The molecule has 0 spiro atoms. The Kier molecular flexibility index (Phi) is 1.27. The third kappa shape index (κ3) is 0.902. The van der Waals surface area contributed by atoms with E-state index in [0.717, 1.165) is 0 Å². The molecule has 1 unspecified atom stereocenters. The summed E-state index contributed by atoms with van der Waals surface area (Å²) < 4.78 is 0.